The molecule has 290 valence electrons. The lowest BCUT2D eigenvalue weighted by Crippen LogP contribution is -2.52. The Kier molecular flexibility index (Phi) is 7.79. The molecule has 2 saturated heterocycles. The van der Waals surface area contributed by atoms with Gasteiger partial charge < -0.3 is 14.2 Å². The number of carbonyl (C=O) groups excluding carboxylic acids is 2. The summed E-state index contributed by atoms with van der Waals surface area (Å²) in [6.45, 7) is -0.348. The number of quaternary nitrogens is 1. The van der Waals surface area contributed by atoms with Crippen LogP contribution >= 0.6 is 0 Å². The van der Waals surface area contributed by atoms with E-state index in [2.05, 4.69) is 15.4 Å². The predicted octanol–water partition coefficient (Wildman–Crippen LogP) is 5.78. The first-order valence-electron chi connectivity index (χ1n) is 19.0. The molecule has 3 aliphatic heterocycles. The molecule has 0 radical (unpaired) electrons. The molecule has 3 aromatic rings. The van der Waals surface area contributed by atoms with E-state index in [4.69, 9.17) is 4.74 Å². The minimum absolute atomic E-state index is 0.0156. The number of nitrogens with one attached hydrogen (secondary N) is 1. The molecule has 11 nitrogen and oxygen atoms in total. The third kappa shape index (κ3) is 5.27. The Morgan fingerprint density at radius 1 is 1.02 bits per heavy atom. The number of amides is 2. The number of hydrogen-bond donors (Lipinski definition) is 2. The van der Waals surface area contributed by atoms with Gasteiger partial charge in [0.2, 0.25) is 12.5 Å². The van der Waals surface area contributed by atoms with E-state index in [0.29, 0.717) is 44.6 Å². The van der Waals surface area contributed by atoms with E-state index in [9.17, 15) is 31.6 Å². The first-order valence-corrected chi connectivity index (χ1v) is 20.4. The number of hydroxylamine groups is 3. The first kappa shape index (κ1) is 36.0. The van der Waals surface area contributed by atoms with Crippen LogP contribution in [0.15, 0.2) is 36.4 Å². The van der Waals surface area contributed by atoms with Crippen LogP contribution in [-0.2, 0) is 21.5 Å². The van der Waals surface area contributed by atoms with Crippen LogP contribution in [0.25, 0.3) is 22.2 Å². The summed E-state index contributed by atoms with van der Waals surface area (Å²) >= 11 is 0. The maximum absolute atomic E-state index is 15.2. The fraction of sp³-hybridized carbons (Fsp3) is 0.590. The van der Waals surface area contributed by atoms with Crippen molar-refractivity contribution in [2.75, 3.05) is 53.9 Å². The molecule has 15 heteroatoms. The third-order valence-corrected chi connectivity index (χ3v) is 15.5. The van der Waals surface area contributed by atoms with Crippen LogP contribution in [0, 0.1) is 16.2 Å². The van der Waals surface area contributed by atoms with Gasteiger partial charge in [-0.15, -0.1) is 0 Å². The number of carbonyl (C=O) groups is 2. The van der Waals surface area contributed by atoms with E-state index in [0.717, 1.165) is 64.1 Å². The molecule has 6 aliphatic rings. The zero-order valence-corrected chi connectivity index (χ0v) is 31.7. The van der Waals surface area contributed by atoms with Gasteiger partial charge in [-0.05, 0) is 79.5 Å². The van der Waals surface area contributed by atoms with Gasteiger partial charge in [-0.3, -0.25) is 9.59 Å². The van der Waals surface area contributed by atoms with Crippen LogP contribution in [-0.4, -0.2) is 104 Å². The van der Waals surface area contributed by atoms with Crippen molar-refractivity contribution in [3.63, 3.8) is 0 Å². The fourth-order valence-electron chi connectivity index (χ4n) is 11.5. The molecule has 2 amide bonds. The summed E-state index contributed by atoms with van der Waals surface area (Å²) in [5.74, 6) is 0.0218. The number of halogens is 3. The maximum atomic E-state index is 15.2. The van der Waals surface area contributed by atoms with Crippen molar-refractivity contribution in [2.24, 2.45) is 16.2 Å². The Bertz CT molecular complexity index is 2190. The number of rotatable bonds is 7. The van der Waals surface area contributed by atoms with E-state index < -0.39 is 49.7 Å². The van der Waals surface area contributed by atoms with Crippen LogP contribution in [0.3, 0.4) is 0 Å². The van der Waals surface area contributed by atoms with Gasteiger partial charge in [0.05, 0.1) is 29.0 Å². The molecule has 2 unspecified atom stereocenters. The van der Waals surface area contributed by atoms with Crippen LogP contribution < -0.4 is 9.46 Å². The molecule has 4 atom stereocenters. The standard InChI is InChI=1S/C39H46F3N5O6S/c1-44(2)54(51,52)43-34(48)25-9-11-28-31(15-25)46-20-38(35(49)45-18-36-13-14-37(36,19-45)22-47(50,21-36)23-39(40,41)42)17-30(38)29-16-26(53-3)10-12-27(29)33(46)32(28)24-7-5-4-6-8-24/h9-12,15-16,24,30,50H,4-8,13-14,17-23H2,1-3H3/p+1/t30-,36?,37?,38-,47?/m0/s1. The van der Waals surface area contributed by atoms with Crippen LogP contribution in [0.2, 0.25) is 0 Å². The smallest absolute Gasteiger partial charge is 0.441 e. The summed E-state index contributed by atoms with van der Waals surface area (Å²) in [5, 5.41) is 12.1. The third-order valence-electron chi connectivity index (χ3n) is 14.1. The molecular weight excluding hydrogens is 724 g/mol. The van der Waals surface area contributed by atoms with Crippen LogP contribution in [0.4, 0.5) is 13.2 Å². The normalized spacial score (nSPS) is 31.6. The second-order valence-electron chi connectivity index (χ2n) is 17.4. The molecular formula is C39H47F3N5O6S+. The van der Waals surface area contributed by atoms with Gasteiger partial charge in [-0.25, -0.2) is 9.93 Å². The lowest BCUT2D eigenvalue weighted by molar-refractivity contribution is -1.10. The average molecular weight is 771 g/mol. The topological polar surface area (TPSA) is 121 Å². The van der Waals surface area contributed by atoms with Gasteiger partial charge in [0.1, 0.15) is 18.8 Å². The van der Waals surface area contributed by atoms with Gasteiger partial charge in [-0.2, -0.15) is 30.5 Å². The van der Waals surface area contributed by atoms with Crippen molar-refractivity contribution in [3.05, 3.63) is 53.1 Å². The number of benzene rings is 2. The van der Waals surface area contributed by atoms with Crippen molar-refractivity contribution in [2.45, 2.75) is 75.9 Å². The monoisotopic (exact) mass is 770 g/mol. The number of ether oxygens (including phenoxy) is 1. The summed E-state index contributed by atoms with van der Waals surface area (Å²) in [6, 6.07) is 11.4. The van der Waals surface area contributed by atoms with E-state index in [1.165, 1.54) is 19.7 Å². The summed E-state index contributed by atoms with van der Waals surface area (Å²) in [4.78, 5) is 30.5. The number of fused-ring (bicyclic) bond motifs is 7. The molecule has 3 saturated carbocycles. The number of methoxy groups -OCH3 is 1. The molecule has 0 bridgehead atoms. The summed E-state index contributed by atoms with van der Waals surface area (Å²) < 4.78 is 75.9. The van der Waals surface area contributed by atoms with Gasteiger partial charge >= 0.3 is 16.4 Å². The number of nitrogens with zero attached hydrogens (tertiary/aromatic N) is 4. The zero-order chi connectivity index (χ0) is 38.2. The van der Waals surface area contributed by atoms with Crippen molar-refractivity contribution in [1.29, 1.82) is 0 Å². The molecule has 2 aromatic carbocycles. The van der Waals surface area contributed by atoms with Gasteiger partial charge in [0, 0.05) is 61.7 Å². The quantitative estimate of drug-likeness (QED) is 0.294. The molecule has 4 heterocycles. The molecule has 2 N–H and O–H groups in total. The van der Waals surface area contributed by atoms with Gasteiger partial charge in [0.15, 0.2) is 0 Å². The summed E-state index contributed by atoms with van der Waals surface area (Å²) in [5.41, 5.74) is 3.21. The highest BCUT2D eigenvalue weighted by atomic mass is 32.2. The minimum atomic E-state index is -4.50. The van der Waals surface area contributed by atoms with Crippen LogP contribution in [0.5, 0.6) is 5.75 Å². The largest absolute Gasteiger partial charge is 0.497 e. The average Bonchev–Trinajstić information content (AvgIpc) is 3.68. The van der Waals surface area contributed by atoms with Crippen molar-refractivity contribution >= 4 is 32.9 Å². The van der Waals surface area contributed by atoms with E-state index >= 15 is 4.79 Å². The Morgan fingerprint density at radius 3 is 2.31 bits per heavy atom. The highest BCUT2D eigenvalue weighted by molar-refractivity contribution is 7.87. The van der Waals surface area contributed by atoms with E-state index in [1.807, 2.05) is 23.1 Å². The molecule has 5 fully saturated rings. The highest BCUT2D eigenvalue weighted by Crippen LogP contribution is 2.70. The molecule has 0 spiro atoms. The number of hydrogen-bond acceptors (Lipinski definition) is 6. The van der Waals surface area contributed by atoms with Crippen molar-refractivity contribution in [1.82, 2.24) is 18.5 Å². The fourth-order valence-corrected chi connectivity index (χ4v) is 12.0. The zero-order valence-electron chi connectivity index (χ0n) is 30.8. The summed E-state index contributed by atoms with van der Waals surface area (Å²) in [6.07, 6.45) is 2.79. The lowest BCUT2D eigenvalue weighted by atomic mass is 9.53. The van der Waals surface area contributed by atoms with Crippen LogP contribution in [0.1, 0.15) is 84.7 Å². The number of alkyl halides is 3. The Labute approximate surface area is 312 Å². The molecule has 54 heavy (non-hydrogen) atoms. The molecule has 1 aromatic heterocycles. The lowest BCUT2D eigenvalue weighted by Gasteiger charge is -2.45. The Morgan fingerprint density at radius 2 is 1.70 bits per heavy atom. The van der Waals surface area contributed by atoms with Crippen molar-refractivity contribution in [3.8, 4) is 17.0 Å². The highest BCUT2D eigenvalue weighted by Gasteiger charge is 2.77. The first-order chi connectivity index (χ1) is 25.4. The van der Waals surface area contributed by atoms with Gasteiger partial charge in [0.25, 0.3) is 5.91 Å². The van der Waals surface area contributed by atoms with Gasteiger partial charge in [-0.1, -0.05) is 25.3 Å². The SMILES string of the molecule is COc1ccc2c(c1)[C@@H]1C[C@]1(C(=O)N1CC34CCC3(C1)C[N+](O)(CC(F)(F)F)C4)Cn1c-2c(C2CCCCC2)c2ccc(C(=O)NS(=O)(=O)N(C)C)cc21. The van der Waals surface area contributed by atoms with E-state index in [-0.39, 0.29) is 36.4 Å². The molecule has 3 aliphatic carbocycles. The Balaban J connectivity index is 1.15. The second-order valence-corrected chi connectivity index (χ2v) is 19.3. The van der Waals surface area contributed by atoms with E-state index in [1.54, 1.807) is 19.2 Å². The second kappa shape index (κ2) is 11.7. The molecule has 9 rings (SSSR count). The number of likely N-dealkylation sites (tertiary alicyclic amines) is 2. The van der Waals surface area contributed by atoms with Crippen molar-refractivity contribution < 1.29 is 45.8 Å². The minimum Gasteiger partial charge on any atom is -0.497 e. The number of aromatic nitrogens is 1. The predicted molar refractivity (Wildman–Crippen MR) is 193 cm³/mol. The Hall–Kier alpha value is -3.66. The summed E-state index contributed by atoms with van der Waals surface area (Å²) in [7, 11) is 0.258. The maximum Gasteiger partial charge on any atom is 0.441 e.